The zero-order chi connectivity index (χ0) is 12.6. The van der Waals surface area contributed by atoms with Crippen molar-refractivity contribution in [3.05, 3.63) is 29.3 Å². The van der Waals surface area contributed by atoms with Crippen LogP contribution in [0.3, 0.4) is 0 Å². The first-order valence-corrected chi connectivity index (χ1v) is 6.10. The standard InChI is InChI=1S/C15H25N/c1-14(2,3)11-8-9-13(16-7)12(10-11)15(4,5)6/h8-10,16H,1-7H3/p+1. The SMILES string of the molecule is C[NH2+]c1ccc(C(C)(C)C)cc1C(C)(C)C. The lowest BCUT2D eigenvalue weighted by atomic mass is 9.80. The summed E-state index contributed by atoms with van der Waals surface area (Å²) in [6.07, 6.45) is 0. The van der Waals surface area contributed by atoms with E-state index < -0.39 is 0 Å². The lowest BCUT2D eigenvalue weighted by Crippen LogP contribution is -2.73. The van der Waals surface area contributed by atoms with Gasteiger partial charge in [-0.05, 0) is 28.5 Å². The van der Waals surface area contributed by atoms with Gasteiger partial charge in [-0.1, -0.05) is 47.6 Å². The molecule has 0 spiro atoms. The van der Waals surface area contributed by atoms with Crippen molar-refractivity contribution in [2.75, 3.05) is 7.05 Å². The highest BCUT2D eigenvalue weighted by atomic mass is 14.8. The summed E-state index contributed by atoms with van der Waals surface area (Å²) < 4.78 is 0. The van der Waals surface area contributed by atoms with E-state index in [-0.39, 0.29) is 10.8 Å². The highest BCUT2D eigenvalue weighted by Gasteiger charge is 2.23. The lowest BCUT2D eigenvalue weighted by Gasteiger charge is -2.25. The van der Waals surface area contributed by atoms with E-state index >= 15 is 0 Å². The van der Waals surface area contributed by atoms with Gasteiger partial charge in [-0.25, -0.2) is 0 Å². The molecule has 0 aliphatic carbocycles. The minimum atomic E-state index is 0.211. The van der Waals surface area contributed by atoms with Crippen molar-refractivity contribution in [1.82, 2.24) is 0 Å². The summed E-state index contributed by atoms with van der Waals surface area (Å²) >= 11 is 0. The molecule has 1 rings (SSSR count). The monoisotopic (exact) mass is 220 g/mol. The van der Waals surface area contributed by atoms with Gasteiger partial charge >= 0.3 is 0 Å². The van der Waals surface area contributed by atoms with Gasteiger partial charge in [0.15, 0.2) is 0 Å². The van der Waals surface area contributed by atoms with Gasteiger partial charge in [-0.15, -0.1) is 0 Å². The summed E-state index contributed by atoms with van der Waals surface area (Å²) in [5, 5.41) is 2.20. The van der Waals surface area contributed by atoms with Crippen molar-refractivity contribution in [3.63, 3.8) is 0 Å². The predicted molar refractivity (Wildman–Crippen MR) is 71.4 cm³/mol. The van der Waals surface area contributed by atoms with Crippen molar-refractivity contribution < 1.29 is 5.32 Å². The molecular formula is C15H26N+. The maximum atomic E-state index is 2.37. The zero-order valence-electron chi connectivity index (χ0n) is 11.8. The zero-order valence-corrected chi connectivity index (χ0v) is 11.8. The van der Waals surface area contributed by atoms with E-state index in [4.69, 9.17) is 0 Å². The third-order valence-electron chi connectivity index (χ3n) is 3.04. The fourth-order valence-electron chi connectivity index (χ4n) is 1.92. The fourth-order valence-corrected chi connectivity index (χ4v) is 1.92. The Morgan fingerprint density at radius 1 is 0.875 bits per heavy atom. The highest BCUT2D eigenvalue weighted by molar-refractivity contribution is 5.47. The summed E-state index contributed by atoms with van der Waals surface area (Å²) in [4.78, 5) is 0. The number of nitrogens with two attached hydrogens (primary N) is 1. The molecule has 90 valence electrons. The van der Waals surface area contributed by atoms with Crippen molar-refractivity contribution in [3.8, 4) is 0 Å². The van der Waals surface area contributed by atoms with Crippen molar-refractivity contribution in [2.45, 2.75) is 52.4 Å². The Kier molecular flexibility index (Phi) is 3.49. The second-order valence-corrected chi connectivity index (χ2v) is 6.59. The summed E-state index contributed by atoms with van der Waals surface area (Å²) in [5.74, 6) is 0. The molecule has 0 amide bonds. The van der Waals surface area contributed by atoms with E-state index in [9.17, 15) is 0 Å². The molecule has 2 N–H and O–H groups in total. The van der Waals surface area contributed by atoms with Gasteiger partial charge in [-0.2, -0.15) is 0 Å². The molecule has 1 nitrogen and oxygen atoms in total. The van der Waals surface area contributed by atoms with Gasteiger partial charge in [0.1, 0.15) is 5.69 Å². The predicted octanol–water partition coefficient (Wildman–Crippen LogP) is 3.11. The van der Waals surface area contributed by atoms with E-state index in [1.165, 1.54) is 16.8 Å². The van der Waals surface area contributed by atoms with Crippen LogP contribution in [0.2, 0.25) is 0 Å². The third kappa shape index (κ3) is 2.85. The Morgan fingerprint density at radius 3 is 1.81 bits per heavy atom. The lowest BCUT2D eigenvalue weighted by molar-refractivity contribution is -0.540. The normalized spacial score (nSPS) is 12.9. The number of hydrogen-bond donors (Lipinski definition) is 1. The molecule has 1 heteroatoms. The Labute approximate surface area is 100 Å². The Hall–Kier alpha value is -0.820. The fraction of sp³-hybridized carbons (Fsp3) is 0.600. The van der Waals surface area contributed by atoms with Crippen LogP contribution < -0.4 is 5.32 Å². The average molecular weight is 220 g/mol. The van der Waals surface area contributed by atoms with Gasteiger partial charge in [0, 0.05) is 5.56 Å². The molecule has 0 saturated carbocycles. The van der Waals surface area contributed by atoms with E-state index in [2.05, 4.69) is 72.1 Å². The van der Waals surface area contributed by atoms with E-state index in [1.54, 1.807) is 0 Å². The minimum absolute atomic E-state index is 0.211. The van der Waals surface area contributed by atoms with Crippen LogP contribution in [0.15, 0.2) is 18.2 Å². The molecule has 0 aliphatic heterocycles. The Bertz CT molecular complexity index is 364. The van der Waals surface area contributed by atoms with Gasteiger partial charge in [0.2, 0.25) is 0 Å². The van der Waals surface area contributed by atoms with Crippen molar-refractivity contribution in [1.29, 1.82) is 0 Å². The number of benzene rings is 1. The molecule has 16 heavy (non-hydrogen) atoms. The summed E-state index contributed by atoms with van der Waals surface area (Å²) in [6, 6.07) is 6.88. The molecule has 0 aliphatic rings. The Morgan fingerprint density at radius 2 is 1.44 bits per heavy atom. The molecular weight excluding hydrogens is 194 g/mol. The molecule has 0 unspecified atom stereocenters. The van der Waals surface area contributed by atoms with Gasteiger partial charge in [0.05, 0.1) is 7.05 Å². The second-order valence-electron chi connectivity index (χ2n) is 6.59. The van der Waals surface area contributed by atoms with Crippen LogP contribution in [-0.4, -0.2) is 7.05 Å². The first kappa shape index (κ1) is 13.2. The largest absolute Gasteiger partial charge is 0.316 e. The average Bonchev–Trinajstić information content (AvgIpc) is 2.14. The van der Waals surface area contributed by atoms with E-state index in [0.717, 1.165) is 0 Å². The van der Waals surface area contributed by atoms with Gasteiger partial charge < -0.3 is 5.32 Å². The van der Waals surface area contributed by atoms with Crippen LogP contribution in [0.25, 0.3) is 0 Å². The topological polar surface area (TPSA) is 16.6 Å². The minimum Gasteiger partial charge on any atom is -0.316 e. The van der Waals surface area contributed by atoms with Gasteiger partial charge in [-0.3, -0.25) is 0 Å². The third-order valence-corrected chi connectivity index (χ3v) is 3.04. The van der Waals surface area contributed by atoms with Crippen molar-refractivity contribution >= 4 is 5.69 Å². The second kappa shape index (κ2) is 4.21. The number of rotatable bonds is 1. The van der Waals surface area contributed by atoms with Crippen LogP contribution in [0, 0.1) is 0 Å². The smallest absolute Gasteiger partial charge is 0.133 e. The van der Waals surface area contributed by atoms with E-state index in [0.29, 0.717) is 0 Å². The van der Waals surface area contributed by atoms with Crippen LogP contribution in [0.4, 0.5) is 5.69 Å². The van der Waals surface area contributed by atoms with Crippen LogP contribution in [-0.2, 0) is 10.8 Å². The molecule has 1 aromatic rings. The molecule has 0 atom stereocenters. The van der Waals surface area contributed by atoms with Crippen LogP contribution in [0.1, 0.15) is 52.7 Å². The first-order chi connectivity index (χ1) is 7.16. The quantitative estimate of drug-likeness (QED) is 0.700. The van der Waals surface area contributed by atoms with E-state index in [1.807, 2.05) is 0 Å². The number of hydrogen-bond acceptors (Lipinski definition) is 0. The summed E-state index contributed by atoms with van der Waals surface area (Å²) in [7, 11) is 2.11. The highest BCUT2D eigenvalue weighted by Crippen LogP contribution is 2.32. The van der Waals surface area contributed by atoms with Gasteiger partial charge in [0.25, 0.3) is 0 Å². The molecule has 0 saturated heterocycles. The van der Waals surface area contributed by atoms with Crippen LogP contribution >= 0.6 is 0 Å². The molecule has 0 heterocycles. The molecule has 0 aromatic heterocycles. The molecule has 1 aromatic carbocycles. The maximum absolute atomic E-state index is 2.37. The molecule has 0 bridgehead atoms. The Balaban J connectivity index is 3.34. The first-order valence-electron chi connectivity index (χ1n) is 6.10. The maximum Gasteiger partial charge on any atom is 0.133 e. The van der Waals surface area contributed by atoms with Crippen LogP contribution in [0.5, 0.6) is 0 Å². The summed E-state index contributed by atoms with van der Waals surface area (Å²) in [5.41, 5.74) is 4.67. The molecule has 0 fully saturated rings. The molecule has 0 radical (unpaired) electrons. The number of quaternary nitrogens is 1. The van der Waals surface area contributed by atoms with Crippen molar-refractivity contribution in [2.24, 2.45) is 0 Å². The summed E-state index contributed by atoms with van der Waals surface area (Å²) in [6.45, 7) is 13.6.